The maximum atomic E-state index is 11.7. The Morgan fingerprint density at radius 1 is 1.25 bits per heavy atom. The fourth-order valence-electron chi connectivity index (χ4n) is 1.38. The van der Waals surface area contributed by atoms with Gasteiger partial charge in [-0.2, -0.15) is 5.10 Å². The Morgan fingerprint density at radius 2 is 1.81 bits per heavy atom. The summed E-state index contributed by atoms with van der Waals surface area (Å²) in [5.74, 6) is 5.50. The van der Waals surface area contributed by atoms with Crippen molar-refractivity contribution in [3.63, 3.8) is 0 Å². The van der Waals surface area contributed by atoms with E-state index in [1.807, 2.05) is 0 Å². The Hall–Kier alpha value is -1.84. The van der Waals surface area contributed by atoms with E-state index in [1.54, 1.807) is 24.3 Å². The van der Waals surface area contributed by atoms with Crippen molar-refractivity contribution in [1.29, 1.82) is 0 Å². The number of ketones is 1. The average molecular weight is 219 g/mol. The van der Waals surface area contributed by atoms with Crippen molar-refractivity contribution in [3.8, 4) is 0 Å². The van der Waals surface area contributed by atoms with Crippen LogP contribution >= 0.6 is 0 Å². The minimum atomic E-state index is 0.164. The number of benzene rings is 1. The van der Waals surface area contributed by atoms with Gasteiger partial charge in [-0.3, -0.25) is 4.79 Å². The molecule has 0 aliphatic heterocycles. The smallest absolute Gasteiger partial charge is 0.162 e. The van der Waals surface area contributed by atoms with Crippen LogP contribution in [0.3, 0.4) is 0 Å². The van der Waals surface area contributed by atoms with Gasteiger partial charge in [0.25, 0.3) is 0 Å². The van der Waals surface area contributed by atoms with E-state index in [9.17, 15) is 4.79 Å². The molecule has 0 radical (unpaired) electrons. The highest BCUT2D eigenvalue weighted by molar-refractivity contribution is 6.00. The number of hydrogen-bond acceptors (Lipinski definition) is 3. The lowest BCUT2D eigenvalue weighted by Gasteiger charge is -2.02. The number of amidine groups is 1. The molecule has 0 aromatic heterocycles. The van der Waals surface area contributed by atoms with Gasteiger partial charge in [-0.05, 0) is 6.42 Å². The van der Waals surface area contributed by atoms with Gasteiger partial charge in [0.15, 0.2) is 5.78 Å². The van der Waals surface area contributed by atoms with Gasteiger partial charge in [0, 0.05) is 17.5 Å². The zero-order valence-corrected chi connectivity index (χ0v) is 9.44. The molecular weight excluding hydrogens is 202 g/mol. The highest BCUT2D eigenvalue weighted by Crippen LogP contribution is 2.09. The van der Waals surface area contributed by atoms with Crippen molar-refractivity contribution in [2.45, 2.75) is 26.2 Å². The van der Waals surface area contributed by atoms with Crippen LogP contribution < -0.4 is 11.6 Å². The lowest BCUT2D eigenvalue weighted by molar-refractivity contribution is 0.0980. The molecule has 1 rings (SSSR count). The van der Waals surface area contributed by atoms with Gasteiger partial charge in [0.05, 0.1) is 0 Å². The van der Waals surface area contributed by atoms with Crippen LogP contribution in [0.5, 0.6) is 0 Å². The number of carbonyl (C=O) groups is 1. The Morgan fingerprint density at radius 3 is 2.31 bits per heavy atom. The lowest BCUT2D eigenvalue weighted by Crippen LogP contribution is -2.15. The molecule has 0 spiro atoms. The molecule has 0 fully saturated rings. The first kappa shape index (κ1) is 12.2. The SMILES string of the molecule is CCCCC(=O)c1ccc(/C(N)=N/N)cc1. The molecule has 16 heavy (non-hydrogen) atoms. The zero-order chi connectivity index (χ0) is 12.0. The van der Waals surface area contributed by atoms with E-state index in [-0.39, 0.29) is 11.6 Å². The third-order valence-electron chi connectivity index (χ3n) is 2.40. The van der Waals surface area contributed by atoms with Crippen LogP contribution in [0.1, 0.15) is 42.1 Å². The van der Waals surface area contributed by atoms with Crippen LogP contribution in [0, 0.1) is 0 Å². The maximum absolute atomic E-state index is 11.7. The molecule has 0 saturated heterocycles. The monoisotopic (exact) mass is 219 g/mol. The molecule has 4 N–H and O–H groups in total. The summed E-state index contributed by atoms with van der Waals surface area (Å²) < 4.78 is 0. The molecule has 1 aromatic rings. The first-order valence-electron chi connectivity index (χ1n) is 5.36. The second-order valence-electron chi connectivity index (χ2n) is 3.62. The number of rotatable bonds is 5. The summed E-state index contributed by atoms with van der Waals surface area (Å²) in [5.41, 5.74) is 6.98. The number of unbranched alkanes of at least 4 members (excludes halogenated alkanes) is 1. The number of hydrazone groups is 1. The molecule has 0 aliphatic carbocycles. The van der Waals surface area contributed by atoms with E-state index in [0.29, 0.717) is 12.0 Å². The molecular formula is C12H17N3O. The first-order chi connectivity index (χ1) is 7.69. The Balaban J connectivity index is 2.75. The summed E-state index contributed by atoms with van der Waals surface area (Å²) in [6.45, 7) is 2.06. The molecule has 1 aromatic carbocycles. The molecule has 0 unspecified atom stereocenters. The molecule has 0 heterocycles. The molecule has 0 atom stereocenters. The second-order valence-corrected chi connectivity index (χ2v) is 3.62. The molecule has 0 bridgehead atoms. The van der Waals surface area contributed by atoms with Gasteiger partial charge >= 0.3 is 0 Å². The molecule has 0 aliphatic rings. The Labute approximate surface area is 95.3 Å². The van der Waals surface area contributed by atoms with Crippen molar-refractivity contribution in [2.75, 3.05) is 0 Å². The van der Waals surface area contributed by atoms with Gasteiger partial charge in [0.2, 0.25) is 0 Å². The fourth-order valence-corrected chi connectivity index (χ4v) is 1.38. The summed E-state index contributed by atoms with van der Waals surface area (Å²) in [5, 5.41) is 3.39. The van der Waals surface area contributed by atoms with Crippen molar-refractivity contribution in [2.24, 2.45) is 16.7 Å². The molecule has 0 saturated carbocycles. The number of nitrogens with zero attached hydrogens (tertiary/aromatic N) is 1. The average Bonchev–Trinajstić information content (AvgIpc) is 2.35. The summed E-state index contributed by atoms with van der Waals surface area (Å²) >= 11 is 0. The third-order valence-corrected chi connectivity index (χ3v) is 2.40. The number of hydrogen-bond donors (Lipinski definition) is 2. The maximum Gasteiger partial charge on any atom is 0.162 e. The lowest BCUT2D eigenvalue weighted by atomic mass is 10.0. The van der Waals surface area contributed by atoms with Gasteiger partial charge < -0.3 is 11.6 Å². The Kier molecular flexibility index (Phi) is 4.51. The van der Waals surface area contributed by atoms with Crippen molar-refractivity contribution in [1.82, 2.24) is 0 Å². The number of carbonyl (C=O) groups excluding carboxylic acids is 1. The molecule has 86 valence electrons. The largest absolute Gasteiger partial charge is 0.382 e. The van der Waals surface area contributed by atoms with Crippen molar-refractivity contribution < 1.29 is 4.79 Å². The number of nitrogens with two attached hydrogens (primary N) is 2. The molecule has 0 amide bonds. The van der Waals surface area contributed by atoms with Crippen LogP contribution in [0.2, 0.25) is 0 Å². The summed E-state index contributed by atoms with van der Waals surface area (Å²) in [6.07, 6.45) is 2.54. The predicted molar refractivity (Wildman–Crippen MR) is 65.2 cm³/mol. The summed E-state index contributed by atoms with van der Waals surface area (Å²) in [6, 6.07) is 7.02. The quantitative estimate of drug-likeness (QED) is 0.260. The van der Waals surface area contributed by atoms with E-state index < -0.39 is 0 Å². The van der Waals surface area contributed by atoms with Crippen molar-refractivity contribution >= 4 is 11.6 Å². The normalized spacial score (nSPS) is 11.4. The van der Waals surface area contributed by atoms with E-state index in [1.165, 1.54) is 0 Å². The fraction of sp³-hybridized carbons (Fsp3) is 0.333. The summed E-state index contributed by atoms with van der Waals surface area (Å²) in [7, 11) is 0. The molecule has 4 heteroatoms. The van der Waals surface area contributed by atoms with Crippen LogP contribution in [0.25, 0.3) is 0 Å². The van der Waals surface area contributed by atoms with E-state index in [2.05, 4.69) is 12.0 Å². The van der Waals surface area contributed by atoms with Gasteiger partial charge in [-0.25, -0.2) is 0 Å². The van der Waals surface area contributed by atoms with Crippen molar-refractivity contribution in [3.05, 3.63) is 35.4 Å². The van der Waals surface area contributed by atoms with Crippen LogP contribution in [0.15, 0.2) is 29.4 Å². The summed E-state index contributed by atoms with van der Waals surface area (Å²) in [4.78, 5) is 11.7. The van der Waals surface area contributed by atoms with Gasteiger partial charge in [0.1, 0.15) is 5.84 Å². The topological polar surface area (TPSA) is 81.5 Å². The number of Topliss-reactive ketones (excluding diaryl/α,β-unsaturated/α-hetero) is 1. The highest BCUT2D eigenvalue weighted by Gasteiger charge is 2.05. The second kappa shape index (κ2) is 5.90. The van der Waals surface area contributed by atoms with Crippen LogP contribution in [-0.4, -0.2) is 11.6 Å². The van der Waals surface area contributed by atoms with E-state index in [4.69, 9.17) is 11.6 Å². The van der Waals surface area contributed by atoms with E-state index >= 15 is 0 Å². The third kappa shape index (κ3) is 3.08. The van der Waals surface area contributed by atoms with Crippen LogP contribution in [-0.2, 0) is 0 Å². The van der Waals surface area contributed by atoms with Gasteiger partial charge in [-0.15, -0.1) is 0 Å². The minimum Gasteiger partial charge on any atom is -0.382 e. The highest BCUT2D eigenvalue weighted by atomic mass is 16.1. The van der Waals surface area contributed by atoms with Gasteiger partial charge in [-0.1, -0.05) is 37.6 Å². The predicted octanol–water partition coefficient (Wildman–Crippen LogP) is 1.64. The van der Waals surface area contributed by atoms with E-state index in [0.717, 1.165) is 18.4 Å². The standard InChI is InChI=1S/C12H17N3O/c1-2-3-4-11(16)9-5-7-10(8-6-9)12(13)15-14/h5-8H,2-4,14H2,1H3,(H2,13,15). The zero-order valence-electron chi connectivity index (χ0n) is 9.44. The Bertz CT molecular complexity index is 382. The first-order valence-corrected chi connectivity index (χ1v) is 5.36. The minimum absolute atomic E-state index is 0.164. The van der Waals surface area contributed by atoms with Crippen LogP contribution in [0.4, 0.5) is 0 Å². The molecule has 4 nitrogen and oxygen atoms in total.